The zero-order valence-electron chi connectivity index (χ0n) is 17.6. The number of nitrogens with one attached hydrogen (secondary N) is 1. The van der Waals surface area contributed by atoms with Gasteiger partial charge in [-0.15, -0.1) is 0 Å². The van der Waals surface area contributed by atoms with Gasteiger partial charge in [-0.1, -0.05) is 48.5 Å². The standard InChI is InChI=1S/C24H33N3O2/c1-19-7-6-8-20(2)24(19)25-23(29)18-27-15-13-26(14-16-27)17-22(28)12-11-21-9-4-3-5-10-21/h3-10,22,28H,11-18H2,1-2H3,(H,25,29). The van der Waals surface area contributed by atoms with Crippen molar-refractivity contribution < 1.29 is 9.90 Å². The van der Waals surface area contributed by atoms with Gasteiger partial charge in [0.25, 0.3) is 0 Å². The van der Waals surface area contributed by atoms with E-state index in [1.807, 2.05) is 50.2 Å². The Hall–Kier alpha value is -2.21. The highest BCUT2D eigenvalue weighted by Crippen LogP contribution is 2.19. The maximum absolute atomic E-state index is 12.5. The van der Waals surface area contributed by atoms with Gasteiger partial charge in [-0.2, -0.15) is 0 Å². The first-order chi connectivity index (χ1) is 14.0. The highest BCUT2D eigenvalue weighted by atomic mass is 16.3. The van der Waals surface area contributed by atoms with Crippen molar-refractivity contribution in [3.05, 3.63) is 65.2 Å². The van der Waals surface area contributed by atoms with Crippen LogP contribution in [0.3, 0.4) is 0 Å². The summed E-state index contributed by atoms with van der Waals surface area (Å²) in [5.41, 5.74) is 4.38. The fraction of sp³-hybridized carbons (Fsp3) is 0.458. The van der Waals surface area contributed by atoms with Gasteiger partial charge in [0.2, 0.25) is 5.91 Å². The SMILES string of the molecule is Cc1cccc(C)c1NC(=O)CN1CCN(CC(O)CCc2ccccc2)CC1. The summed E-state index contributed by atoms with van der Waals surface area (Å²) in [6.45, 7) is 8.64. The smallest absolute Gasteiger partial charge is 0.238 e. The predicted molar refractivity (Wildman–Crippen MR) is 118 cm³/mol. The Labute approximate surface area is 174 Å². The lowest BCUT2D eigenvalue weighted by Gasteiger charge is -2.35. The van der Waals surface area contributed by atoms with Crippen LogP contribution in [-0.4, -0.2) is 66.2 Å². The minimum absolute atomic E-state index is 0.0405. The molecule has 3 rings (SSSR count). The highest BCUT2D eigenvalue weighted by molar-refractivity contribution is 5.93. The van der Waals surface area contributed by atoms with Crippen molar-refractivity contribution in [1.29, 1.82) is 0 Å². The lowest BCUT2D eigenvalue weighted by atomic mass is 10.1. The summed E-state index contributed by atoms with van der Waals surface area (Å²) < 4.78 is 0. The molecule has 0 radical (unpaired) electrons. The van der Waals surface area contributed by atoms with E-state index < -0.39 is 0 Å². The van der Waals surface area contributed by atoms with E-state index in [2.05, 4.69) is 27.2 Å². The highest BCUT2D eigenvalue weighted by Gasteiger charge is 2.21. The molecule has 1 aliphatic rings. The lowest BCUT2D eigenvalue weighted by Crippen LogP contribution is -2.50. The van der Waals surface area contributed by atoms with Crippen LogP contribution in [0.4, 0.5) is 5.69 Å². The lowest BCUT2D eigenvalue weighted by molar-refractivity contribution is -0.117. The molecule has 1 atom stereocenters. The van der Waals surface area contributed by atoms with Gasteiger partial charge >= 0.3 is 0 Å². The van der Waals surface area contributed by atoms with Crippen LogP contribution in [-0.2, 0) is 11.2 Å². The van der Waals surface area contributed by atoms with Crippen molar-refractivity contribution in [1.82, 2.24) is 9.80 Å². The summed E-state index contributed by atoms with van der Waals surface area (Å²) >= 11 is 0. The summed E-state index contributed by atoms with van der Waals surface area (Å²) in [5, 5.41) is 13.4. The first kappa shape index (κ1) is 21.5. The number of para-hydroxylation sites is 1. The van der Waals surface area contributed by atoms with Gasteiger partial charge in [-0.3, -0.25) is 14.6 Å². The Kier molecular flexibility index (Phi) is 7.81. The maximum Gasteiger partial charge on any atom is 0.238 e. The molecule has 5 nitrogen and oxygen atoms in total. The van der Waals surface area contributed by atoms with E-state index in [1.165, 1.54) is 5.56 Å². The monoisotopic (exact) mass is 395 g/mol. The number of aliphatic hydroxyl groups excluding tert-OH is 1. The van der Waals surface area contributed by atoms with Crippen LogP contribution in [0.25, 0.3) is 0 Å². The Balaban J connectivity index is 1.37. The average molecular weight is 396 g/mol. The molecule has 2 N–H and O–H groups in total. The quantitative estimate of drug-likeness (QED) is 0.722. The van der Waals surface area contributed by atoms with Gasteiger partial charge in [-0.05, 0) is 43.4 Å². The molecule has 2 aromatic carbocycles. The van der Waals surface area contributed by atoms with E-state index in [1.54, 1.807) is 0 Å². The number of amides is 1. The van der Waals surface area contributed by atoms with Crippen LogP contribution in [0.5, 0.6) is 0 Å². The molecular formula is C24H33N3O2. The molecule has 0 aromatic heterocycles. The number of carbonyl (C=O) groups excluding carboxylic acids is 1. The Morgan fingerprint density at radius 3 is 2.24 bits per heavy atom. The number of anilines is 1. The first-order valence-electron chi connectivity index (χ1n) is 10.5. The van der Waals surface area contributed by atoms with E-state index in [0.717, 1.165) is 55.8 Å². The van der Waals surface area contributed by atoms with Gasteiger partial charge in [0, 0.05) is 38.4 Å². The van der Waals surface area contributed by atoms with E-state index in [4.69, 9.17) is 0 Å². The minimum atomic E-state index is -0.311. The average Bonchev–Trinajstić information content (AvgIpc) is 2.72. The molecule has 1 amide bonds. The Bertz CT molecular complexity index is 766. The molecule has 1 saturated heterocycles. The normalized spacial score (nSPS) is 16.5. The molecule has 2 aromatic rings. The Morgan fingerprint density at radius 2 is 1.59 bits per heavy atom. The molecule has 1 aliphatic heterocycles. The molecular weight excluding hydrogens is 362 g/mol. The molecule has 1 unspecified atom stereocenters. The molecule has 0 spiro atoms. The summed E-state index contributed by atoms with van der Waals surface area (Å²) in [4.78, 5) is 16.9. The fourth-order valence-electron chi connectivity index (χ4n) is 3.89. The molecule has 29 heavy (non-hydrogen) atoms. The van der Waals surface area contributed by atoms with E-state index in [9.17, 15) is 9.90 Å². The van der Waals surface area contributed by atoms with E-state index >= 15 is 0 Å². The summed E-state index contributed by atoms with van der Waals surface area (Å²) in [6.07, 6.45) is 1.37. The maximum atomic E-state index is 12.5. The zero-order valence-corrected chi connectivity index (χ0v) is 17.6. The van der Waals surface area contributed by atoms with Crippen LogP contribution in [0.2, 0.25) is 0 Å². The number of benzene rings is 2. The summed E-state index contributed by atoms with van der Waals surface area (Å²) in [6, 6.07) is 16.4. The third-order valence-corrected chi connectivity index (χ3v) is 5.66. The molecule has 0 saturated carbocycles. The van der Waals surface area contributed by atoms with Crippen molar-refractivity contribution in [2.24, 2.45) is 0 Å². The number of β-amino-alcohol motifs (C(OH)–C–C–N with tert-alkyl or cyclic N) is 1. The number of aliphatic hydroxyl groups is 1. The number of hydrogen-bond acceptors (Lipinski definition) is 4. The van der Waals surface area contributed by atoms with Crippen molar-refractivity contribution in [2.75, 3.05) is 44.6 Å². The van der Waals surface area contributed by atoms with Crippen LogP contribution in [0.15, 0.2) is 48.5 Å². The Morgan fingerprint density at radius 1 is 0.966 bits per heavy atom. The number of rotatable bonds is 8. The van der Waals surface area contributed by atoms with E-state index in [0.29, 0.717) is 13.1 Å². The minimum Gasteiger partial charge on any atom is -0.392 e. The van der Waals surface area contributed by atoms with E-state index in [-0.39, 0.29) is 12.0 Å². The van der Waals surface area contributed by atoms with Gasteiger partial charge < -0.3 is 10.4 Å². The summed E-state index contributed by atoms with van der Waals surface area (Å²) in [5.74, 6) is 0.0405. The topological polar surface area (TPSA) is 55.8 Å². The second kappa shape index (κ2) is 10.5. The zero-order chi connectivity index (χ0) is 20.6. The third kappa shape index (κ3) is 6.67. The summed E-state index contributed by atoms with van der Waals surface area (Å²) in [7, 11) is 0. The van der Waals surface area contributed by atoms with Crippen LogP contribution in [0.1, 0.15) is 23.1 Å². The number of carbonyl (C=O) groups is 1. The molecule has 1 fully saturated rings. The molecule has 0 aliphatic carbocycles. The number of hydrogen-bond donors (Lipinski definition) is 2. The van der Waals surface area contributed by atoms with Crippen LogP contribution < -0.4 is 5.32 Å². The van der Waals surface area contributed by atoms with Crippen molar-refractivity contribution in [3.8, 4) is 0 Å². The van der Waals surface area contributed by atoms with Crippen LogP contribution in [0, 0.1) is 13.8 Å². The first-order valence-corrected chi connectivity index (χ1v) is 10.5. The molecule has 0 bridgehead atoms. The largest absolute Gasteiger partial charge is 0.392 e. The number of nitrogens with zero attached hydrogens (tertiary/aromatic N) is 2. The number of piperazine rings is 1. The third-order valence-electron chi connectivity index (χ3n) is 5.66. The second-order valence-corrected chi connectivity index (χ2v) is 8.07. The van der Waals surface area contributed by atoms with Crippen molar-refractivity contribution in [3.63, 3.8) is 0 Å². The second-order valence-electron chi connectivity index (χ2n) is 8.07. The fourth-order valence-corrected chi connectivity index (χ4v) is 3.89. The van der Waals surface area contributed by atoms with Gasteiger partial charge in [0.05, 0.1) is 12.6 Å². The predicted octanol–water partition coefficient (Wildman–Crippen LogP) is 2.85. The van der Waals surface area contributed by atoms with Crippen molar-refractivity contribution >= 4 is 11.6 Å². The van der Waals surface area contributed by atoms with Crippen LogP contribution >= 0.6 is 0 Å². The van der Waals surface area contributed by atoms with Gasteiger partial charge in [0.15, 0.2) is 0 Å². The molecule has 156 valence electrons. The molecule has 1 heterocycles. The van der Waals surface area contributed by atoms with Gasteiger partial charge in [-0.25, -0.2) is 0 Å². The van der Waals surface area contributed by atoms with Gasteiger partial charge in [0.1, 0.15) is 0 Å². The molecule has 5 heteroatoms. The van der Waals surface area contributed by atoms with Crippen molar-refractivity contribution in [2.45, 2.75) is 32.8 Å². The number of aryl methyl sites for hydroxylation is 3.